The Morgan fingerprint density at radius 1 is 1.39 bits per heavy atom. The molecule has 1 aliphatic heterocycles. The van der Waals surface area contributed by atoms with Crippen LogP contribution in [0.2, 0.25) is 0 Å². The quantitative estimate of drug-likeness (QED) is 0.861. The Bertz CT molecular complexity index is 367. The van der Waals surface area contributed by atoms with Gasteiger partial charge in [-0.1, -0.05) is 18.2 Å². The van der Waals surface area contributed by atoms with E-state index in [2.05, 4.69) is 29.4 Å². The third kappa shape index (κ3) is 3.72. The predicted molar refractivity (Wildman–Crippen MR) is 75.2 cm³/mol. The summed E-state index contributed by atoms with van der Waals surface area (Å²) in [5.41, 5.74) is 1.29. The molecule has 2 rings (SSSR count). The number of methoxy groups -OCH3 is 1. The molecule has 0 aliphatic carbocycles. The number of piperidine rings is 1. The van der Waals surface area contributed by atoms with E-state index in [1.807, 2.05) is 12.1 Å². The molecule has 1 N–H and O–H groups in total. The lowest BCUT2D eigenvalue weighted by atomic mass is 10.1. The zero-order chi connectivity index (χ0) is 12.8. The van der Waals surface area contributed by atoms with Crippen LogP contribution < -0.4 is 10.1 Å². The van der Waals surface area contributed by atoms with Crippen molar-refractivity contribution in [3.63, 3.8) is 0 Å². The molecule has 1 unspecified atom stereocenters. The van der Waals surface area contributed by atoms with E-state index in [0.717, 1.165) is 18.7 Å². The Balaban J connectivity index is 1.77. The van der Waals surface area contributed by atoms with Crippen molar-refractivity contribution in [3.05, 3.63) is 29.8 Å². The van der Waals surface area contributed by atoms with E-state index in [1.165, 1.54) is 31.5 Å². The van der Waals surface area contributed by atoms with E-state index in [9.17, 15) is 0 Å². The molecule has 1 saturated heterocycles. The molecule has 3 heteroatoms. The lowest BCUT2D eigenvalue weighted by molar-refractivity contribution is 0.228. The van der Waals surface area contributed by atoms with Crippen LogP contribution in [0.1, 0.15) is 18.4 Å². The summed E-state index contributed by atoms with van der Waals surface area (Å²) in [6.07, 6.45) is 3.64. The number of ether oxygens (including phenoxy) is 1. The van der Waals surface area contributed by atoms with Crippen LogP contribution in [-0.2, 0) is 6.42 Å². The SMILES string of the molecule is COc1ccccc1CCNC1CCCN(C)C1. The van der Waals surface area contributed by atoms with Crippen LogP contribution in [0, 0.1) is 0 Å². The molecule has 1 aliphatic rings. The molecule has 0 saturated carbocycles. The van der Waals surface area contributed by atoms with Crippen molar-refractivity contribution >= 4 is 0 Å². The maximum absolute atomic E-state index is 5.37. The first-order chi connectivity index (χ1) is 8.79. The molecule has 1 atom stereocenters. The van der Waals surface area contributed by atoms with E-state index < -0.39 is 0 Å². The fourth-order valence-electron chi connectivity index (χ4n) is 2.65. The Labute approximate surface area is 110 Å². The molecule has 100 valence electrons. The Morgan fingerprint density at radius 2 is 2.22 bits per heavy atom. The van der Waals surface area contributed by atoms with Crippen LogP contribution in [0.3, 0.4) is 0 Å². The third-order valence-corrected chi connectivity index (χ3v) is 3.64. The van der Waals surface area contributed by atoms with Gasteiger partial charge in [0, 0.05) is 12.6 Å². The van der Waals surface area contributed by atoms with Gasteiger partial charge in [0.15, 0.2) is 0 Å². The summed E-state index contributed by atoms with van der Waals surface area (Å²) in [6, 6.07) is 8.92. The topological polar surface area (TPSA) is 24.5 Å². The second-order valence-corrected chi connectivity index (χ2v) is 5.12. The number of benzene rings is 1. The minimum Gasteiger partial charge on any atom is -0.496 e. The van der Waals surface area contributed by atoms with Gasteiger partial charge in [-0.2, -0.15) is 0 Å². The van der Waals surface area contributed by atoms with Crippen LogP contribution in [-0.4, -0.2) is 44.7 Å². The van der Waals surface area contributed by atoms with Gasteiger partial charge in [0.25, 0.3) is 0 Å². The fourth-order valence-corrected chi connectivity index (χ4v) is 2.65. The first kappa shape index (κ1) is 13.4. The summed E-state index contributed by atoms with van der Waals surface area (Å²) in [7, 11) is 3.94. The minimum atomic E-state index is 0.651. The minimum absolute atomic E-state index is 0.651. The van der Waals surface area contributed by atoms with Gasteiger partial charge in [-0.05, 0) is 51.0 Å². The van der Waals surface area contributed by atoms with Crippen LogP contribution in [0.15, 0.2) is 24.3 Å². The smallest absolute Gasteiger partial charge is 0.122 e. The van der Waals surface area contributed by atoms with Gasteiger partial charge in [0.2, 0.25) is 0 Å². The maximum atomic E-state index is 5.37. The number of rotatable bonds is 5. The monoisotopic (exact) mass is 248 g/mol. The standard InChI is InChI=1S/C15H24N2O/c1-17-11-5-7-14(12-17)16-10-9-13-6-3-4-8-15(13)18-2/h3-4,6,8,14,16H,5,7,9-12H2,1-2H3. The van der Waals surface area contributed by atoms with E-state index >= 15 is 0 Å². The van der Waals surface area contributed by atoms with Crippen LogP contribution in [0.4, 0.5) is 0 Å². The van der Waals surface area contributed by atoms with Crippen molar-refractivity contribution < 1.29 is 4.74 Å². The molecule has 0 radical (unpaired) electrons. The van der Waals surface area contributed by atoms with Crippen LogP contribution in [0.5, 0.6) is 5.75 Å². The second-order valence-electron chi connectivity index (χ2n) is 5.12. The summed E-state index contributed by atoms with van der Waals surface area (Å²) in [6.45, 7) is 3.44. The summed E-state index contributed by atoms with van der Waals surface area (Å²) in [5.74, 6) is 1.00. The first-order valence-corrected chi connectivity index (χ1v) is 6.83. The molecule has 0 aromatic heterocycles. The number of nitrogens with one attached hydrogen (secondary N) is 1. The van der Waals surface area contributed by atoms with E-state index in [0.29, 0.717) is 6.04 Å². The average molecular weight is 248 g/mol. The van der Waals surface area contributed by atoms with Crippen molar-refractivity contribution in [1.82, 2.24) is 10.2 Å². The Morgan fingerprint density at radius 3 is 3.00 bits per heavy atom. The third-order valence-electron chi connectivity index (χ3n) is 3.64. The molecule has 1 fully saturated rings. The molecule has 3 nitrogen and oxygen atoms in total. The average Bonchev–Trinajstić information content (AvgIpc) is 2.39. The maximum Gasteiger partial charge on any atom is 0.122 e. The van der Waals surface area contributed by atoms with Gasteiger partial charge in [-0.15, -0.1) is 0 Å². The van der Waals surface area contributed by atoms with Gasteiger partial charge in [0.05, 0.1) is 7.11 Å². The highest BCUT2D eigenvalue weighted by molar-refractivity contribution is 5.33. The zero-order valence-electron chi connectivity index (χ0n) is 11.5. The zero-order valence-corrected chi connectivity index (χ0v) is 11.5. The summed E-state index contributed by atoms with van der Waals surface area (Å²) in [4.78, 5) is 2.41. The van der Waals surface area contributed by atoms with Gasteiger partial charge in [0.1, 0.15) is 5.75 Å². The van der Waals surface area contributed by atoms with Gasteiger partial charge in [-0.25, -0.2) is 0 Å². The number of para-hydroxylation sites is 1. The number of likely N-dealkylation sites (tertiary alicyclic amines) is 1. The Hall–Kier alpha value is -1.06. The van der Waals surface area contributed by atoms with Gasteiger partial charge in [-0.3, -0.25) is 0 Å². The largest absolute Gasteiger partial charge is 0.496 e. The highest BCUT2D eigenvalue weighted by atomic mass is 16.5. The predicted octanol–water partition coefficient (Wildman–Crippen LogP) is 1.92. The van der Waals surface area contributed by atoms with Gasteiger partial charge >= 0.3 is 0 Å². The molecule has 0 bridgehead atoms. The highest BCUT2D eigenvalue weighted by Crippen LogP contribution is 2.17. The number of hydrogen-bond acceptors (Lipinski definition) is 3. The highest BCUT2D eigenvalue weighted by Gasteiger charge is 2.16. The molecule has 1 aromatic carbocycles. The number of likely N-dealkylation sites (N-methyl/N-ethyl adjacent to an activating group) is 1. The first-order valence-electron chi connectivity index (χ1n) is 6.83. The number of hydrogen-bond donors (Lipinski definition) is 1. The van der Waals surface area contributed by atoms with E-state index in [4.69, 9.17) is 4.74 Å². The van der Waals surface area contributed by atoms with Crippen molar-refractivity contribution in [2.75, 3.05) is 33.8 Å². The molecule has 18 heavy (non-hydrogen) atoms. The second kappa shape index (κ2) is 6.76. The summed E-state index contributed by atoms with van der Waals surface area (Å²) in [5, 5.41) is 3.65. The molecule has 1 aromatic rings. The van der Waals surface area contributed by atoms with E-state index in [-0.39, 0.29) is 0 Å². The lowest BCUT2D eigenvalue weighted by Crippen LogP contribution is -2.44. The van der Waals surface area contributed by atoms with Crippen molar-refractivity contribution in [2.45, 2.75) is 25.3 Å². The van der Waals surface area contributed by atoms with Crippen LogP contribution >= 0.6 is 0 Å². The van der Waals surface area contributed by atoms with E-state index in [1.54, 1.807) is 7.11 Å². The summed E-state index contributed by atoms with van der Waals surface area (Å²) < 4.78 is 5.37. The fraction of sp³-hybridized carbons (Fsp3) is 0.600. The molecule has 0 amide bonds. The molecular formula is C15H24N2O. The lowest BCUT2D eigenvalue weighted by Gasteiger charge is -2.30. The van der Waals surface area contributed by atoms with Crippen molar-refractivity contribution in [3.8, 4) is 5.75 Å². The Kier molecular flexibility index (Phi) is 5.02. The molecule has 0 spiro atoms. The van der Waals surface area contributed by atoms with Crippen LogP contribution in [0.25, 0.3) is 0 Å². The number of nitrogens with zero attached hydrogens (tertiary/aromatic N) is 1. The summed E-state index contributed by atoms with van der Waals surface area (Å²) >= 11 is 0. The molecule has 1 heterocycles. The van der Waals surface area contributed by atoms with Gasteiger partial charge < -0.3 is 15.0 Å². The van der Waals surface area contributed by atoms with Crippen molar-refractivity contribution in [2.24, 2.45) is 0 Å². The van der Waals surface area contributed by atoms with Crippen molar-refractivity contribution in [1.29, 1.82) is 0 Å². The molecular weight excluding hydrogens is 224 g/mol. The normalized spacial score (nSPS) is 20.9.